The Hall–Kier alpha value is -0.610. The Morgan fingerprint density at radius 3 is 3.08 bits per heavy atom. The third-order valence-corrected chi connectivity index (χ3v) is 2.96. The van der Waals surface area contributed by atoms with Crippen molar-refractivity contribution in [1.29, 1.82) is 0 Å². The van der Waals surface area contributed by atoms with Gasteiger partial charge in [0.1, 0.15) is 0 Å². The number of rotatable bonds is 1. The Kier molecular flexibility index (Phi) is 2.26. The number of aromatic nitrogens is 2. The lowest BCUT2D eigenvalue weighted by atomic mass is 9.95. The molecule has 13 heavy (non-hydrogen) atoms. The predicted octanol–water partition coefficient (Wildman–Crippen LogP) is 2.07. The van der Waals surface area contributed by atoms with Crippen molar-refractivity contribution < 1.29 is 4.74 Å². The van der Waals surface area contributed by atoms with Gasteiger partial charge in [0.2, 0.25) is 0 Å². The first-order chi connectivity index (χ1) is 6.22. The Morgan fingerprint density at radius 2 is 2.54 bits per heavy atom. The third-order valence-electron chi connectivity index (χ3n) is 2.65. The summed E-state index contributed by atoms with van der Waals surface area (Å²) in [5.74, 6) is 0. The van der Waals surface area contributed by atoms with Crippen LogP contribution in [0.5, 0.6) is 0 Å². The van der Waals surface area contributed by atoms with Crippen LogP contribution in [0.4, 0.5) is 0 Å². The van der Waals surface area contributed by atoms with Crippen molar-refractivity contribution in [2.24, 2.45) is 0 Å². The van der Waals surface area contributed by atoms with Gasteiger partial charge >= 0.3 is 0 Å². The van der Waals surface area contributed by atoms with Gasteiger partial charge in [0.25, 0.3) is 0 Å². The largest absolute Gasteiger partial charge is 0.379 e. The Balaban J connectivity index is 2.33. The van der Waals surface area contributed by atoms with Crippen LogP contribution in [-0.2, 0) is 10.3 Å². The molecule has 1 N–H and O–H groups in total. The molecule has 1 saturated heterocycles. The van der Waals surface area contributed by atoms with E-state index in [-0.39, 0.29) is 5.54 Å². The van der Waals surface area contributed by atoms with Crippen LogP contribution in [0.2, 0.25) is 0 Å². The zero-order chi connectivity index (χ0) is 9.31. The lowest BCUT2D eigenvalue weighted by Gasteiger charge is -2.34. The fourth-order valence-electron chi connectivity index (χ4n) is 1.85. The summed E-state index contributed by atoms with van der Waals surface area (Å²) in [7, 11) is 0. The molecule has 0 aliphatic carbocycles. The maximum absolute atomic E-state index is 5.48. The van der Waals surface area contributed by atoms with Gasteiger partial charge in [0.15, 0.2) is 4.77 Å². The van der Waals surface area contributed by atoms with Gasteiger partial charge in [-0.1, -0.05) is 0 Å². The fourth-order valence-corrected chi connectivity index (χ4v) is 2.20. The zero-order valence-corrected chi connectivity index (χ0v) is 8.56. The number of H-pyrrole nitrogens is 1. The van der Waals surface area contributed by atoms with Crippen LogP contribution in [0, 0.1) is 4.77 Å². The zero-order valence-electron chi connectivity index (χ0n) is 7.75. The van der Waals surface area contributed by atoms with Crippen molar-refractivity contribution in [3.8, 4) is 0 Å². The molecule has 1 unspecified atom stereocenters. The smallest absolute Gasteiger partial charge is 0.177 e. The molecule has 0 saturated carbocycles. The van der Waals surface area contributed by atoms with Crippen molar-refractivity contribution in [2.45, 2.75) is 25.3 Å². The summed E-state index contributed by atoms with van der Waals surface area (Å²) in [6.07, 6.45) is 6.13. The van der Waals surface area contributed by atoms with Crippen LogP contribution in [0.3, 0.4) is 0 Å². The predicted molar refractivity (Wildman–Crippen MR) is 53.3 cm³/mol. The minimum Gasteiger partial charge on any atom is -0.379 e. The second-order valence-corrected chi connectivity index (χ2v) is 4.18. The Labute approximate surface area is 82.7 Å². The third kappa shape index (κ3) is 1.56. The van der Waals surface area contributed by atoms with Gasteiger partial charge in [-0.05, 0) is 32.0 Å². The van der Waals surface area contributed by atoms with E-state index < -0.39 is 0 Å². The molecule has 2 heterocycles. The van der Waals surface area contributed by atoms with Crippen LogP contribution in [0.15, 0.2) is 12.4 Å². The lowest BCUT2D eigenvalue weighted by Crippen LogP contribution is -2.38. The second kappa shape index (κ2) is 3.27. The molecule has 1 aromatic heterocycles. The van der Waals surface area contributed by atoms with Crippen molar-refractivity contribution in [3.63, 3.8) is 0 Å². The first-order valence-corrected chi connectivity index (χ1v) is 4.97. The normalized spacial score (nSPS) is 29.0. The van der Waals surface area contributed by atoms with E-state index in [4.69, 9.17) is 17.0 Å². The number of aromatic amines is 1. The molecule has 0 aromatic carbocycles. The lowest BCUT2D eigenvalue weighted by molar-refractivity contribution is 0.00885. The highest BCUT2D eigenvalue weighted by Gasteiger charge is 2.29. The molecule has 1 aromatic rings. The number of hydrogen-bond donors (Lipinski definition) is 1. The molecule has 1 aliphatic heterocycles. The van der Waals surface area contributed by atoms with E-state index in [9.17, 15) is 0 Å². The van der Waals surface area contributed by atoms with Gasteiger partial charge < -0.3 is 14.3 Å². The van der Waals surface area contributed by atoms with Gasteiger partial charge in [-0.3, -0.25) is 0 Å². The van der Waals surface area contributed by atoms with E-state index in [1.54, 1.807) is 0 Å². The standard InChI is InChI=1S/C9H14N2OS/c1-9(3-2-6-12-7-9)11-5-4-10-8(11)13/h4-5H,2-3,6-7H2,1H3,(H,10,13). The van der Waals surface area contributed by atoms with Crippen molar-refractivity contribution >= 4 is 12.2 Å². The fraction of sp³-hybridized carbons (Fsp3) is 0.667. The summed E-state index contributed by atoms with van der Waals surface area (Å²) >= 11 is 5.19. The van der Waals surface area contributed by atoms with E-state index in [0.29, 0.717) is 0 Å². The highest BCUT2D eigenvalue weighted by atomic mass is 32.1. The average Bonchev–Trinajstić information content (AvgIpc) is 2.53. The van der Waals surface area contributed by atoms with Crippen LogP contribution in [-0.4, -0.2) is 22.8 Å². The number of nitrogens with one attached hydrogen (secondary N) is 1. The number of imidazole rings is 1. The highest BCUT2D eigenvalue weighted by molar-refractivity contribution is 7.71. The van der Waals surface area contributed by atoms with E-state index in [1.165, 1.54) is 0 Å². The molecule has 4 heteroatoms. The van der Waals surface area contributed by atoms with E-state index >= 15 is 0 Å². The summed E-state index contributed by atoms with van der Waals surface area (Å²) in [6.45, 7) is 3.84. The van der Waals surface area contributed by atoms with Crippen LogP contribution in [0.1, 0.15) is 19.8 Å². The molecule has 1 fully saturated rings. The summed E-state index contributed by atoms with van der Waals surface area (Å²) in [4.78, 5) is 3.01. The summed E-state index contributed by atoms with van der Waals surface area (Å²) in [5, 5.41) is 0. The van der Waals surface area contributed by atoms with E-state index in [2.05, 4.69) is 16.5 Å². The molecule has 1 atom stereocenters. The molecule has 72 valence electrons. The molecule has 0 bridgehead atoms. The topological polar surface area (TPSA) is 29.9 Å². The number of nitrogens with zero attached hydrogens (tertiary/aromatic N) is 1. The summed E-state index contributed by atoms with van der Waals surface area (Å²) < 4.78 is 8.37. The van der Waals surface area contributed by atoms with Gasteiger partial charge in [-0.25, -0.2) is 0 Å². The van der Waals surface area contributed by atoms with Gasteiger partial charge in [-0.2, -0.15) is 0 Å². The molecular weight excluding hydrogens is 184 g/mol. The van der Waals surface area contributed by atoms with Crippen molar-refractivity contribution in [2.75, 3.05) is 13.2 Å². The number of hydrogen-bond acceptors (Lipinski definition) is 2. The molecule has 3 nitrogen and oxygen atoms in total. The maximum Gasteiger partial charge on any atom is 0.177 e. The molecule has 0 radical (unpaired) electrons. The summed E-state index contributed by atoms with van der Waals surface area (Å²) in [5.41, 5.74) is 0.0509. The first kappa shape index (κ1) is 8.97. The molecular formula is C9H14N2OS. The van der Waals surface area contributed by atoms with E-state index in [1.807, 2.05) is 12.4 Å². The van der Waals surface area contributed by atoms with E-state index in [0.717, 1.165) is 30.8 Å². The second-order valence-electron chi connectivity index (χ2n) is 3.79. The van der Waals surface area contributed by atoms with Crippen LogP contribution < -0.4 is 0 Å². The monoisotopic (exact) mass is 198 g/mol. The minimum atomic E-state index is 0.0509. The van der Waals surface area contributed by atoms with Crippen LogP contribution in [0.25, 0.3) is 0 Å². The highest BCUT2D eigenvalue weighted by Crippen LogP contribution is 2.26. The molecule has 1 aliphatic rings. The Morgan fingerprint density at radius 1 is 1.69 bits per heavy atom. The quantitative estimate of drug-likeness (QED) is 0.700. The molecule has 2 rings (SSSR count). The van der Waals surface area contributed by atoms with Gasteiger partial charge in [0, 0.05) is 19.0 Å². The maximum atomic E-state index is 5.48. The minimum absolute atomic E-state index is 0.0509. The van der Waals surface area contributed by atoms with Crippen LogP contribution >= 0.6 is 12.2 Å². The van der Waals surface area contributed by atoms with Crippen molar-refractivity contribution in [3.05, 3.63) is 17.2 Å². The van der Waals surface area contributed by atoms with Gasteiger partial charge in [-0.15, -0.1) is 0 Å². The summed E-state index contributed by atoms with van der Waals surface area (Å²) in [6, 6.07) is 0. The van der Waals surface area contributed by atoms with Gasteiger partial charge in [0.05, 0.1) is 12.1 Å². The Bertz CT molecular complexity index is 335. The SMILES string of the molecule is CC1(n2cc[nH]c2=S)CCCOC1. The average molecular weight is 198 g/mol. The molecule has 0 spiro atoms. The van der Waals surface area contributed by atoms with Crippen molar-refractivity contribution in [1.82, 2.24) is 9.55 Å². The molecule has 0 amide bonds. The first-order valence-electron chi connectivity index (χ1n) is 4.57. The number of ether oxygens (including phenoxy) is 1.